The molecule has 4 aromatic rings. The highest BCUT2D eigenvalue weighted by Gasteiger charge is 2.39. The second-order valence-electron chi connectivity index (χ2n) is 8.52. The number of benzene rings is 4. The Morgan fingerprint density at radius 3 is 2.35 bits per heavy atom. The number of aromatic hydroxyl groups is 1. The molecule has 0 saturated heterocycles. The lowest BCUT2D eigenvalue weighted by Gasteiger charge is -2.18. The van der Waals surface area contributed by atoms with Crippen LogP contribution in [-0.2, 0) is 11.0 Å². The number of carbonyl (C=O) groups is 2. The van der Waals surface area contributed by atoms with Crippen LogP contribution >= 0.6 is 0 Å². The van der Waals surface area contributed by atoms with Crippen molar-refractivity contribution in [3.8, 4) is 22.6 Å². The fraction of sp³-hybridized carbons (Fsp3) is 0.0357. The van der Waals surface area contributed by atoms with E-state index in [1.165, 1.54) is 36.4 Å². The first-order chi connectivity index (χ1) is 19.0. The number of fused-ring (bicyclic) bond motifs is 1. The third-order valence-corrected chi connectivity index (χ3v) is 5.99. The van der Waals surface area contributed by atoms with Crippen LogP contribution in [0.15, 0.2) is 90.0 Å². The van der Waals surface area contributed by atoms with E-state index < -0.39 is 29.6 Å². The molecule has 0 radical (unpaired) electrons. The molecule has 202 valence electrons. The monoisotopic (exact) mass is 551 g/mol. The van der Waals surface area contributed by atoms with Crippen molar-refractivity contribution in [3.63, 3.8) is 0 Å². The molecule has 12 heteroatoms. The number of nitrogens with zero attached hydrogens (tertiary/aromatic N) is 2. The first kappa shape index (κ1) is 26.2. The Morgan fingerprint density at radius 2 is 1.65 bits per heavy atom. The number of rotatable bonds is 5. The highest BCUT2D eigenvalue weighted by molar-refractivity contribution is 6.55. The Hall–Kier alpha value is -5.39. The van der Waals surface area contributed by atoms with Gasteiger partial charge in [-0.15, -0.1) is 0 Å². The number of ether oxygens (including phenoxy) is 1. The number of para-hydroxylation sites is 1. The van der Waals surface area contributed by atoms with E-state index >= 15 is 0 Å². The van der Waals surface area contributed by atoms with E-state index in [-0.39, 0.29) is 45.4 Å². The van der Waals surface area contributed by atoms with Crippen LogP contribution in [0.3, 0.4) is 0 Å². The van der Waals surface area contributed by atoms with Crippen LogP contribution < -0.4 is 15.1 Å². The molecule has 1 aliphatic rings. The number of hydrogen-bond donors (Lipinski definition) is 3. The molecule has 1 heterocycles. The lowest BCUT2D eigenvalue weighted by atomic mass is 10.0. The van der Waals surface area contributed by atoms with E-state index in [4.69, 9.17) is 5.11 Å². The molecule has 40 heavy (non-hydrogen) atoms. The summed E-state index contributed by atoms with van der Waals surface area (Å²) in [5.41, 5.74) is 2.23. The van der Waals surface area contributed by atoms with Gasteiger partial charge in [-0.1, -0.05) is 24.3 Å². The van der Waals surface area contributed by atoms with E-state index in [0.717, 1.165) is 35.2 Å². The van der Waals surface area contributed by atoms with Crippen LogP contribution in [0.25, 0.3) is 11.1 Å². The van der Waals surface area contributed by atoms with Crippen molar-refractivity contribution in [1.82, 2.24) is 0 Å². The highest BCUT2D eigenvalue weighted by Crippen LogP contribution is 2.41. The fourth-order valence-electron chi connectivity index (χ4n) is 4.19. The van der Waals surface area contributed by atoms with Gasteiger partial charge in [-0.3, -0.25) is 15.1 Å². The first-order valence-corrected chi connectivity index (χ1v) is 11.5. The van der Waals surface area contributed by atoms with Gasteiger partial charge < -0.3 is 14.9 Å². The third kappa shape index (κ3) is 5.01. The summed E-state index contributed by atoms with van der Waals surface area (Å²) in [6.45, 7) is 0. The largest absolute Gasteiger partial charge is 0.511 e. The molecular weight excluding hydrogens is 534 g/mol. The van der Waals surface area contributed by atoms with Gasteiger partial charge in [0.25, 0.3) is 5.91 Å². The molecule has 0 atom stereocenters. The van der Waals surface area contributed by atoms with E-state index in [2.05, 4.69) is 15.3 Å². The lowest BCUT2D eigenvalue weighted by molar-refractivity contribution is -0.137. The molecule has 0 aliphatic carbocycles. The van der Waals surface area contributed by atoms with Crippen LogP contribution in [0, 0.1) is 5.82 Å². The number of hydrogen-bond acceptors (Lipinski definition) is 6. The molecule has 0 bridgehead atoms. The van der Waals surface area contributed by atoms with Crippen LogP contribution in [0.2, 0.25) is 0 Å². The van der Waals surface area contributed by atoms with Gasteiger partial charge in [-0.25, -0.2) is 9.18 Å². The second kappa shape index (κ2) is 10.1. The summed E-state index contributed by atoms with van der Waals surface area (Å²) in [5.74, 6) is -1.64. The minimum Gasteiger partial charge on any atom is -0.505 e. The van der Waals surface area contributed by atoms with E-state index in [9.17, 15) is 32.3 Å². The maximum absolute atomic E-state index is 13.5. The van der Waals surface area contributed by atoms with Gasteiger partial charge in [0, 0.05) is 16.8 Å². The van der Waals surface area contributed by atoms with Crippen molar-refractivity contribution in [2.75, 3.05) is 10.3 Å². The summed E-state index contributed by atoms with van der Waals surface area (Å²) >= 11 is 0. The van der Waals surface area contributed by atoms with Crippen LogP contribution in [-0.4, -0.2) is 28.0 Å². The summed E-state index contributed by atoms with van der Waals surface area (Å²) in [6, 6.07) is 17.9. The number of halogens is 4. The molecule has 3 N–H and O–H groups in total. The SMILES string of the molecule is O=C(O)Oc1cccc(-c2cccc(NN=C3C(=O)N(c4ccc(F)cc4)c4cc(C(F)(F)F)ccc43)c2O)c1. The van der Waals surface area contributed by atoms with Gasteiger partial charge >= 0.3 is 12.3 Å². The number of nitrogens with one attached hydrogen (secondary N) is 1. The quantitative estimate of drug-likeness (QED) is 0.0830. The van der Waals surface area contributed by atoms with Gasteiger partial charge in [0.2, 0.25) is 0 Å². The van der Waals surface area contributed by atoms with E-state index in [1.807, 2.05) is 0 Å². The molecule has 1 amide bonds. The van der Waals surface area contributed by atoms with Gasteiger partial charge in [0.1, 0.15) is 17.3 Å². The Kier molecular flexibility index (Phi) is 6.59. The van der Waals surface area contributed by atoms with Gasteiger partial charge in [-0.2, -0.15) is 18.3 Å². The van der Waals surface area contributed by atoms with E-state index in [1.54, 1.807) is 18.2 Å². The Balaban J connectivity index is 1.53. The number of amides is 1. The van der Waals surface area contributed by atoms with Gasteiger partial charge in [0.05, 0.1) is 16.9 Å². The zero-order valence-electron chi connectivity index (χ0n) is 20.1. The first-order valence-electron chi connectivity index (χ1n) is 11.5. The molecule has 0 spiro atoms. The van der Waals surface area contributed by atoms with Crippen molar-refractivity contribution >= 4 is 34.8 Å². The van der Waals surface area contributed by atoms with Crippen molar-refractivity contribution < 1.29 is 42.1 Å². The number of carbonyl (C=O) groups excluding carboxylic acids is 1. The average molecular weight is 551 g/mol. The summed E-state index contributed by atoms with van der Waals surface area (Å²) in [5, 5.41) is 23.8. The minimum atomic E-state index is -4.68. The molecule has 4 aromatic carbocycles. The van der Waals surface area contributed by atoms with Crippen LogP contribution in [0.5, 0.6) is 11.5 Å². The molecule has 0 fully saturated rings. The van der Waals surface area contributed by atoms with Crippen molar-refractivity contribution in [2.45, 2.75) is 6.18 Å². The predicted molar refractivity (Wildman–Crippen MR) is 137 cm³/mol. The summed E-state index contributed by atoms with van der Waals surface area (Å²) < 4.78 is 58.5. The van der Waals surface area contributed by atoms with Crippen molar-refractivity contribution in [1.29, 1.82) is 0 Å². The average Bonchev–Trinajstić information content (AvgIpc) is 3.18. The summed E-state index contributed by atoms with van der Waals surface area (Å²) in [4.78, 5) is 25.2. The lowest BCUT2D eigenvalue weighted by Crippen LogP contribution is -2.26. The molecule has 0 unspecified atom stereocenters. The predicted octanol–water partition coefficient (Wildman–Crippen LogP) is 6.77. The maximum Gasteiger partial charge on any atom is 0.511 e. The number of phenols is 1. The van der Waals surface area contributed by atoms with Crippen molar-refractivity contribution in [2.24, 2.45) is 5.10 Å². The zero-order valence-corrected chi connectivity index (χ0v) is 20.1. The van der Waals surface area contributed by atoms with Gasteiger partial charge in [-0.05, 0) is 66.2 Å². The number of hydrazone groups is 1. The molecular formula is C28H17F4N3O5. The maximum atomic E-state index is 13.5. The van der Waals surface area contributed by atoms with Crippen molar-refractivity contribution in [3.05, 3.63) is 102 Å². The Bertz CT molecular complexity index is 1670. The fourth-order valence-corrected chi connectivity index (χ4v) is 4.19. The number of phenolic OH excluding ortho intramolecular Hbond substituents is 1. The number of carboxylic acid groups (broad SMARTS) is 1. The molecule has 0 aromatic heterocycles. The smallest absolute Gasteiger partial charge is 0.505 e. The second-order valence-corrected chi connectivity index (χ2v) is 8.52. The molecule has 5 rings (SSSR count). The Morgan fingerprint density at radius 1 is 0.925 bits per heavy atom. The summed E-state index contributed by atoms with van der Waals surface area (Å²) in [7, 11) is 0. The topological polar surface area (TPSA) is 111 Å². The van der Waals surface area contributed by atoms with Gasteiger partial charge in [0.15, 0.2) is 5.71 Å². The molecule has 0 saturated carbocycles. The Labute approximate surface area is 223 Å². The summed E-state index contributed by atoms with van der Waals surface area (Å²) in [6.07, 6.45) is -6.19. The van der Waals surface area contributed by atoms with E-state index in [0.29, 0.717) is 5.56 Å². The van der Waals surface area contributed by atoms with Crippen LogP contribution in [0.4, 0.5) is 39.4 Å². The normalized spacial score (nSPS) is 13.8. The third-order valence-electron chi connectivity index (χ3n) is 5.99. The number of alkyl halides is 3. The van der Waals surface area contributed by atoms with Crippen LogP contribution in [0.1, 0.15) is 11.1 Å². The standard InChI is InChI=1S/C28H17F4N3O5/c29-17-8-10-18(11-9-17)35-23-14-16(28(30,31)32)7-12-21(23)24(26(35)37)34-33-22-6-2-5-20(25(22)36)15-3-1-4-19(13-15)40-27(38)39/h1-14,33,36H,(H,38,39). The molecule has 8 nitrogen and oxygen atoms in total. The number of anilines is 3. The minimum absolute atomic E-state index is 0.0234. The highest BCUT2D eigenvalue weighted by atomic mass is 19.4. The zero-order chi connectivity index (χ0) is 28.6. The molecule has 1 aliphatic heterocycles.